The number of rotatable bonds is 4. The minimum absolute atomic E-state index is 0.0895. The average molecular weight is 353 g/mol. The van der Waals surface area contributed by atoms with Gasteiger partial charge in [-0.3, -0.25) is 0 Å². The van der Waals surface area contributed by atoms with Crippen LogP contribution in [0.1, 0.15) is 24.8 Å². The van der Waals surface area contributed by atoms with E-state index in [2.05, 4.69) is 26.2 Å². The van der Waals surface area contributed by atoms with Gasteiger partial charge in [0.25, 0.3) is 0 Å². The number of pyridine rings is 1. The first kappa shape index (κ1) is 15.6. The Labute approximate surface area is 123 Å². The summed E-state index contributed by atoms with van der Waals surface area (Å²) in [7, 11) is 0. The molecule has 0 amide bonds. The van der Waals surface area contributed by atoms with Crippen LogP contribution in [0.15, 0.2) is 16.7 Å². The third-order valence-corrected chi connectivity index (χ3v) is 4.18. The van der Waals surface area contributed by atoms with E-state index in [0.717, 1.165) is 25.3 Å². The number of nitrogens with one attached hydrogen (secondary N) is 1. The molecule has 1 aliphatic carbocycles. The van der Waals surface area contributed by atoms with Crippen molar-refractivity contribution < 1.29 is 18.3 Å². The Morgan fingerprint density at radius 2 is 2.05 bits per heavy atom. The van der Waals surface area contributed by atoms with Crippen molar-refractivity contribution in [2.75, 3.05) is 18.5 Å². The molecular weight excluding hydrogens is 337 g/mol. The second kappa shape index (κ2) is 6.30. The topological polar surface area (TPSA) is 45.1 Å². The van der Waals surface area contributed by atoms with Gasteiger partial charge in [-0.1, -0.05) is 6.42 Å². The van der Waals surface area contributed by atoms with Crippen molar-refractivity contribution in [3.8, 4) is 0 Å². The Hall–Kier alpha value is -0.820. The van der Waals surface area contributed by atoms with Gasteiger partial charge in [-0.25, -0.2) is 4.98 Å². The number of aromatic nitrogens is 1. The van der Waals surface area contributed by atoms with Crippen molar-refractivity contribution in [2.45, 2.75) is 25.4 Å². The second-order valence-corrected chi connectivity index (χ2v) is 5.98. The molecule has 0 saturated heterocycles. The quantitative estimate of drug-likeness (QED) is 0.868. The predicted molar refractivity (Wildman–Crippen MR) is 73.3 cm³/mol. The zero-order valence-corrected chi connectivity index (χ0v) is 12.3. The van der Waals surface area contributed by atoms with Gasteiger partial charge >= 0.3 is 6.18 Å². The van der Waals surface area contributed by atoms with E-state index in [1.54, 1.807) is 0 Å². The van der Waals surface area contributed by atoms with Crippen LogP contribution in [0.2, 0.25) is 0 Å². The molecule has 1 aromatic heterocycles. The van der Waals surface area contributed by atoms with Crippen molar-refractivity contribution in [3.05, 3.63) is 22.3 Å². The van der Waals surface area contributed by atoms with Gasteiger partial charge in [-0.2, -0.15) is 13.2 Å². The largest absolute Gasteiger partial charge is 0.419 e. The highest BCUT2D eigenvalue weighted by molar-refractivity contribution is 9.10. The van der Waals surface area contributed by atoms with Crippen molar-refractivity contribution in [1.29, 1.82) is 0 Å². The third-order valence-electron chi connectivity index (χ3n) is 3.74. The van der Waals surface area contributed by atoms with Gasteiger partial charge in [0.2, 0.25) is 0 Å². The van der Waals surface area contributed by atoms with Crippen LogP contribution in [0, 0.1) is 11.8 Å². The van der Waals surface area contributed by atoms with E-state index < -0.39 is 11.7 Å². The van der Waals surface area contributed by atoms with E-state index in [0.29, 0.717) is 11.0 Å². The zero-order chi connectivity index (χ0) is 14.8. The summed E-state index contributed by atoms with van der Waals surface area (Å²) in [5, 5.41) is 12.0. The van der Waals surface area contributed by atoms with Crippen LogP contribution in [0.4, 0.5) is 19.0 Å². The number of aliphatic hydroxyl groups is 1. The molecule has 2 rings (SSSR count). The number of aliphatic hydroxyl groups excluding tert-OH is 1. The van der Waals surface area contributed by atoms with Gasteiger partial charge in [0.1, 0.15) is 5.82 Å². The Balaban J connectivity index is 2.09. The summed E-state index contributed by atoms with van der Waals surface area (Å²) >= 11 is 3.00. The van der Waals surface area contributed by atoms with Crippen LogP contribution in [0.25, 0.3) is 0 Å². The number of halogens is 4. The molecule has 2 unspecified atom stereocenters. The van der Waals surface area contributed by atoms with Gasteiger partial charge in [0.05, 0.1) is 5.56 Å². The van der Waals surface area contributed by atoms with Gasteiger partial charge in [-0.05, 0) is 46.7 Å². The summed E-state index contributed by atoms with van der Waals surface area (Å²) in [6, 6.07) is 1.02. The Morgan fingerprint density at radius 3 is 2.70 bits per heavy atom. The SMILES string of the molecule is OCC1CCCC1CNc1ncc(Br)cc1C(F)(F)F. The van der Waals surface area contributed by atoms with Crippen molar-refractivity contribution >= 4 is 21.7 Å². The molecule has 1 fully saturated rings. The normalized spacial score (nSPS) is 23.1. The van der Waals surface area contributed by atoms with E-state index in [-0.39, 0.29) is 24.3 Å². The minimum Gasteiger partial charge on any atom is -0.396 e. The fourth-order valence-corrected chi connectivity index (χ4v) is 2.98. The molecule has 0 spiro atoms. The van der Waals surface area contributed by atoms with E-state index in [4.69, 9.17) is 0 Å². The molecule has 0 radical (unpaired) electrons. The number of hydrogen-bond acceptors (Lipinski definition) is 3. The summed E-state index contributed by atoms with van der Waals surface area (Å²) < 4.78 is 39.1. The lowest BCUT2D eigenvalue weighted by Gasteiger charge is -2.20. The predicted octanol–water partition coefficient (Wildman–Crippen LogP) is 3.68. The van der Waals surface area contributed by atoms with Crippen LogP contribution in [-0.4, -0.2) is 23.2 Å². The monoisotopic (exact) mass is 352 g/mol. The molecule has 112 valence electrons. The molecule has 0 bridgehead atoms. The number of nitrogens with zero attached hydrogens (tertiary/aromatic N) is 1. The molecule has 2 atom stereocenters. The first-order valence-electron chi connectivity index (χ1n) is 6.49. The van der Waals surface area contributed by atoms with Crippen LogP contribution < -0.4 is 5.32 Å². The lowest BCUT2D eigenvalue weighted by Crippen LogP contribution is -2.22. The lowest BCUT2D eigenvalue weighted by molar-refractivity contribution is -0.137. The molecule has 0 aromatic carbocycles. The van der Waals surface area contributed by atoms with E-state index >= 15 is 0 Å². The van der Waals surface area contributed by atoms with E-state index in [1.165, 1.54) is 6.20 Å². The van der Waals surface area contributed by atoms with E-state index in [1.807, 2.05) is 0 Å². The molecule has 1 aromatic rings. The second-order valence-electron chi connectivity index (χ2n) is 5.06. The number of anilines is 1. The lowest BCUT2D eigenvalue weighted by atomic mass is 9.97. The first-order chi connectivity index (χ1) is 9.41. The van der Waals surface area contributed by atoms with Gasteiger partial charge < -0.3 is 10.4 Å². The van der Waals surface area contributed by atoms with Crippen LogP contribution in [0.5, 0.6) is 0 Å². The molecular formula is C13H16BrF3N2O. The fraction of sp³-hybridized carbons (Fsp3) is 0.615. The minimum atomic E-state index is -4.44. The maximum absolute atomic E-state index is 12.9. The maximum atomic E-state index is 12.9. The molecule has 0 aliphatic heterocycles. The Morgan fingerprint density at radius 1 is 1.35 bits per heavy atom. The summed E-state index contributed by atoms with van der Waals surface area (Å²) in [5.41, 5.74) is -0.773. The maximum Gasteiger partial charge on any atom is 0.419 e. The van der Waals surface area contributed by atoms with Crippen LogP contribution >= 0.6 is 15.9 Å². The van der Waals surface area contributed by atoms with Crippen molar-refractivity contribution in [3.63, 3.8) is 0 Å². The highest BCUT2D eigenvalue weighted by Gasteiger charge is 2.35. The molecule has 1 saturated carbocycles. The van der Waals surface area contributed by atoms with Crippen LogP contribution in [-0.2, 0) is 6.18 Å². The Kier molecular flexibility index (Phi) is 4.90. The summed E-state index contributed by atoms with van der Waals surface area (Å²) in [5.74, 6) is 0.225. The highest BCUT2D eigenvalue weighted by atomic mass is 79.9. The molecule has 1 heterocycles. The van der Waals surface area contributed by atoms with Crippen molar-refractivity contribution in [2.24, 2.45) is 11.8 Å². The number of hydrogen-bond donors (Lipinski definition) is 2. The molecule has 2 N–H and O–H groups in total. The zero-order valence-electron chi connectivity index (χ0n) is 10.8. The van der Waals surface area contributed by atoms with Gasteiger partial charge in [0.15, 0.2) is 0 Å². The molecule has 3 nitrogen and oxygen atoms in total. The fourth-order valence-electron chi connectivity index (χ4n) is 2.65. The molecule has 20 heavy (non-hydrogen) atoms. The molecule has 1 aliphatic rings. The van der Waals surface area contributed by atoms with Gasteiger partial charge in [0, 0.05) is 23.8 Å². The standard InChI is InChI=1S/C13H16BrF3N2O/c14-10-4-11(13(15,16)17)12(19-6-10)18-5-8-2-1-3-9(8)7-20/h4,6,8-9,20H,1-3,5,7H2,(H,18,19). The third kappa shape index (κ3) is 3.63. The first-order valence-corrected chi connectivity index (χ1v) is 7.28. The highest BCUT2D eigenvalue weighted by Crippen LogP contribution is 2.36. The summed E-state index contributed by atoms with van der Waals surface area (Å²) in [6.07, 6.45) is -0.225. The smallest absolute Gasteiger partial charge is 0.396 e. The summed E-state index contributed by atoms with van der Waals surface area (Å²) in [6.45, 7) is 0.495. The number of alkyl halides is 3. The van der Waals surface area contributed by atoms with Crippen molar-refractivity contribution in [1.82, 2.24) is 4.98 Å². The average Bonchev–Trinajstić information content (AvgIpc) is 2.83. The molecule has 7 heteroatoms. The Bertz CT molecular complexity index is 467. The van der Waals surface area contributed by atoms with E-state index in [9.17, 15) is 18.3 Å². The van der Waals surface area contributed by atoms with Gasteiger partial charge in [-0.15, -0.1) is 0 Å². The van der Waals surface area contributed by atoms with Crippen LogP contribution in [0.3, 0.4) is 0 Å². The summed E-state index contributed by atoms with van der Waals surface area (Å²) in [4.78, 5) is 3.82.